The number of rotatable bonds is 9. The Hall–Kier alpha value is -1.62. The van der Waals surface area contributed by atoms with E-state index in [-0.39, 0.29) is 6.61 Å². The second-order valence-corrected chi connectivity index (χ2v) is 9.93. The minimum absolute atomic E-state index is 0.0792. The highest BCUT2D eigenvalue weighted by Crippen LogP contribution is 2.38. The van der Waals surface area contributed by atoms with Crippen LogP contribution in [0.5, 0.6) is 0 Å². The zero-order valence-corrected chi connectivity index (χ0v) is 21.0. The van der Waals surface area contributed by atoms with Gasteiger partial charge in [0.05, 0.1) is 5.71 Å². The minimum atomic E-state index is -1.04. The molecule has 9 nitrogen and oxygen atoms in total. The van der Waals surface area contributed by atoms with Crippen LogP contribution in [-0.4, -0.2) is 82.0 Å². The predicted octanol–water partition coefficient (Wildman–Crippen LogP) is 1.95. The number of aliphatic hydroxyl groups excluding tert-OH is 2. The van der Waals surface area contributed by atoms with E-state index in [0.717, 1.165) is 51.0 Å². The van der Waals surface area contributed by atoms with Gasteiger partial charge in [-0.3, -0.25) is 9.88 Å². The van der Waals surface area contributed by atoms with Crippen LogP contribution in [0.3, 0.4) is 0 Å². The quantitative estimate of drug-likeness (QED) is 0.411. The van der Waals surface area contributed by atoms with E-state index in [2.05, 4.69) is 30.0 Å². The third kappa shape index (κ3) is 5.61. The Bertz CT molecular complexity index is 892. The van der Waals surface area contributed by atoms with E-state index in [4.69, 9.17) is 24.0 Å². The number of oxime groups is 1. The first-order valence-electron chi connectivity index (χ1n) is 12.5. The van der Waals surface area contributed by atoms with Crippen LogP contribution in [0.1, 0.15) is 63.6 Å². The third-order valence-electron chi connectivity index (χ3n) is 6.82. The first-order valence-corrected chi connectivity index (χ1v) is 12.5. The van der Waals surface area contributed by atoms with E-state index in [1.165, 1.54) is 22.5 Å². The smallest absolute Gasteiger partial charge is 0.190 e. The summed E-state index contributed by atoms with van der Waals surface area (Å²) in [5.74, 6) is -0.812. The van der Waals surface area contributed by atoms with E-state index in [0.29, 0.717) is 0 Å². The molecule has 2 fully saturated rings. The van der Waals surface area contributed by atoms with E-state index in [9.17, 15) is 10.2 Å². The molecule has 0 bridgehead atoms. The van der Waals surface area contributed by atoms with Gasteiger partial charge in [0.2, 0.25) is 0 Å². The van der Waals surface area contributed by atoms with Crippen LogP contribution in [0.15, 0.2) is 11.2 Å². The number of hydrogen-bond donors (Lipinski definition) is 2. The molecule has 190 valence electrons. The maximum Gasteiger partial charge on any atom is 0.190 e. The number of aryl methyl sites for hydroxylation is 2. The van der Waals surface area contributed by atoms with Crippen LogP contribution in [0.2, 0.25) is 0 Å². The molecule has 0 radical (unpaired) electrons. The largest absolute Gasteiger partial charge is 0.393 e. The van der Waals surface area contributed by atoms with Gasteiger partial charge in [0.1, 0.15) is 31.0 Å². The fourth-order valence-corrected chi connectivity index (χ4v) is 4.94. The second-order valence-electron chi connectivity index (χ2n) is 9.93. The van der Waals surface area contributed by atoms with Crippen molar-refractivity contribution in [1.29, 1.82) is 0 Å². The summed E-state index contributed by atoms with van der Waals surface area (Å²) in [7, 11) is 0. The van der Waals surface area contributed by atoms with Gasteiger partial charge in [0.25, 0.3) is 0 Å². The van der Waals surface area contributed by atoms with Crippen LogP contribution in [0.25, 0.3) is 0 Å². The summed E-state index contributed by atoms with van der Waals surface area (Å²) in [6.45, 7) is 12.5. The summed E-state index contributed by atoms with van der Waals surface area (Å²) < 4.78 is 16.9. The van der Waals surface area contributed by atoms with Crippen LogP contribution >= 0.6 is 0 Å². The van der Waals surface area contributed by atoms with Crippen molar-refractivity contribution in [3.8, 4) is 0 Å². The minimum Gasteiger partial charge on any atom is -0.393 e. The number of aliphatic hydroxyl groups is 2. The van der Waals surface area contributed by atoms with Crippen molar-refractivity contribution in [2.45, 2.75) is 103 Å². The molecule has 3 aliphatic rings. The summed E-state index contributed by atoms with van der Waals surface area (Å²) in [5, 5.41) is 25.0. The maximum absolute atomic E-state index is 10.4. The molecule has 0 aliphatic carbocycles. The van der Waals surface area contributed by atoms with Crippen molar-refractivity contribution in [1.82, 2.24) is 9.88 Å². The molecule has 0 unspecified atom stereocenters. The SMILES string of the molecule is CCc1cc2c(nc1CC)CCN(CC/C(C)=N\OC[C@@H](O)[C@H]1O[C@@H]3OC(C)(C)O[C@@H]3[C@H]1O)C2. The molecule has 2 saturated heterocycles. The number of pyridine rings is 1. The Morgan fingerprint density at radius 2 is 2.12 bits per heavy atom. The maximum atomic E-state index is 10.4. The predicted molar refractivity (Wildman–Crippen MR) is 126 cm³/mol. The van der Waals surface area contributed by atoms with Crippen molar-refractivity contribution in [3.63, 3.8) is 0 Å². The zero-order valence-electron chi connectivity index (χ0n) is 21.0. The molecular weight excluding hydrogens is 438 g/mol. The van der Waals surface area contributed by atoms with Crippen molar-refractivity contribution in [2.24, 2.45) is 5.16 Å². The number of hydrogen-bond acceptors (Lipinski definition) is 9. The van der Waals surface area contributed by atoms with Gasteiger partial charge in [-0.05, 0) is 44.7 Å². The molecule has 1 aromatic rings. The Labute approximate surface area is 202 Å². The fourth-order valence-electron chi connectivity index (χ4n) is 4.94. The zero-order chi connectivity index (χ0) is 24.5. The lowest BCUT2D eigenvalue weighted by Crippen LogP contribution is -2.42. The lowest BCUT2D eigenvalue weighted by atomic mass is 9.99. The van der Waals surface area contributed by atoms with Crippen molar-refractivity contribution >= 4 is 5.71 Å². The van der Waals surface area contributed by atoms with Gasteiger partial charge in [0.15, 0.2) is 12.1 Å². The van der Waals surface area contributed by atoms with Gasteiger partial charge in [-0.15, -0.1) is 0 Å². The Morgan fingerprint density at radius 3 is 2.82 bits per heavy atom. The molecule has 0 aromatic carbocycles. The average molecular weight is 478 g/mol. The number of fused-ring (bicyclic) bond motifs is 2. The molecule has 0 amide bonds. The average Bonchev–Trinajstić information content (AvgIpc) is 3.28. The van der Waals surface area contributed by atoms with E-state index in [1.807, 2.05) is 6.92 Å². The van der Waals surface area contributed by atoms with Crippen molar-refractivity contribution in [2.75, 3.05) is 19.7 Å². The van der Waals surface area contributed by atoms with Crippen molar-refractivity contribution in [3.05, 3.63) is 28.6 Å². The van der Waals surface area contributed by atoms with Crippen LogP contribution < -0.4 is 0 Å². The lowest BCUT2D eigenvalue weighted by molar-refractivity contribution is -0.228. The van der Waals surface area contributed by atoms with Gasteiger partial charge in [-0.1, -0.05) is 25.1 Å². The molecule has 1 aromatic heterocycles. The summed E-state index contributed by atoms with van der Waals surface area (Å²) in [6, 6.07) is 2.34. The highest BCUT2D eigenvalue weighted by molar-refractivity contribution is 5.81. The van der Waals surface area contributed by atoms with Gasteiger partial charge in [0, 0.05) is 43.9 Å². The van der Waals surface area contributed by atoms with Crippen molar-refractivity contribution < 1.29 is 29.3 Å². The normalized spacial score (nSPS) is 29.7. The number of ether oxygens (including phenoxy) is 3. The first kappa shape index (κ1) is 25.5. The Morgan fingerprint density at radius 1 is 1.32 bits per heavy atom. The molecule has 2 N–H and O–H groups in total. The first-order chi connectivity index (χ1) is 16.2. The lowest BCUT2D eigenvalue weighted by Gasteiger charge is -2.29. The highest BCUT2D eigenvalue weighted by Gasteiger charge is 2.56. The molecule has 0 saturated carbocycles. The summed E-state index contributed by atoms with van der Waals surface area (Å²) in [6.07, 6.45) is -0.443. The van der Waals surface area contributed by atoms with Crippen LogP contribution in [-0.2, 0) is 44.9 Å². The van der Waals surface area contributed by atoms with Gasteiger partial charge in [-0.2, -0.15) is 0 Å². The monoisotopic (exact) mass is 477 g/mol. The molecule has 4 rings (SSSR count). The van der Waals surface area contributed by atoms with Gasteiger partial charge in [-0.25, -0.2) is 0 Å². The molecule has 34 heavy (non-hydrogen) atoms. The van der Waals surface area contributed by atoms with E-state index >= 15 is 0 Å². The number of aromatic nitrogens is 1. The summed E-state index contributed by atoms with van der Waals surface area (Å²) in [5.41, 5.74) is 6.03. The fraction of sp³-hybridized carbons (Fsp3) is 0.760. The number of nitrogens with zero attached hydrogens (tertiary/aromatic N) is 3. The third-order valence-corrected chi connectivity index (χ3v) is 6.82. The van der Waals surface area contributed by atoms with E-state index in [1.54, 1.807) is 13.8 Å². The van der Waals surface area contributed by atoms with E-state index < -0.39 is 36.5 Å². The Kier molecular flexibility index (Phi) is 7.91. The molecule has 5 atom stereocenters. The molecule has 3 aliphatic heterocycles. The Balaban J connectivity index is 1.21. The van der Waals surface area contributed by atoms with Crippen LogP contribution in [0.4, 0.5) is 0 Å². The second kappa shape index (κ2) is 10.6. The molecule has 0 spiro atoms. The van der Waals surface area contributed by atoms with Gasteiger partial charge >= 0.3 is 0 Å². The topological polar surface area (TPSA) is 106 Å². The molecular formula is C25H39N3O6. The molecule has 9 heteroatoms. The summed E-state index contributed by atoms with van der Waals surface area (Å²) in [4.78, 5) is 12.7. The van der Waals surface area contributed by atoms with Gasteiger partial charge < -0.3 is 29.3 Å². The molecule has 4 heterocycles. The van der Waals surface area contributed by atoms with Crippen LogP contribution in [0, 0.1) is 0 Å². The summed E-state index contributed by atoms with van der Waals surface area (Å²) >= 11 is 0. The standard InChI is InChI=1S/C25H39N3O6/c1-6-16-12-17-13-28(11-9-19(17)26-18(16)7-2)10-8-15(3)27-31-14-20(29)22-21(30)23-24(32-22)34-25(4,5)33-23/h12,20-24,29-30H,6-11,13-14H2,1-5H3/b27-15-/t20-,21+,22-,23-,24-/m1/s1. The highest BCUT2D eigenvalue weighted by atomic mass is 16.8.